The van der Waals surface area contributed by atoms with Gasteiger partial charge in [0.2, 0.25) is 0 Å². The van der Waals surface area contributed by atoms with E-state index in [0.717, 1.165) is 6.20 Å². The monoisotopic (exact) mass is 455 g/mol. The Morgan fingerprint density at radius 3 is 2.47 bits per heavy atom. The van der Waals surface area contributed by atoms with E-state index in [0.29, 0.717) is 42.3 Å². The molecule has 11 heteroatoms. The van der Waals surface area contributed by atoms with E-state index in [-0.39, 0.29) is 22.6 Å². The fourth-order valence-corrected chi connectivity index (χ4v) is 4.90. The molecule has 0 saturated carbocycles. The zero-order chi connectivity index (χ0) is 21.9. The molecule has 0 aliphatic carbocycles. The van der Waals surface area contributed by atoms with E-state index in [1.54, 1.807) is 17.9 Å². The summed E-state index contributed by atoms with van der Waals surface area (Å²) >= 11 is 5.96. The van der Waals surface area contributed by atoms with E-state index in [9.17, 15) is 23.1 Å². The zero-order valence-corrected chi connectivity index (χ0v) is 17.9. The molecule has 30 heavy (non-hydrogen) atoms. The number of aromatic nitrogens is 1. The van der Waals surface area contributed by atoms with Crippen molar-refractivity contribution >= 4 is 27.7 Å². The van der Waals surface area contributed by atoms with Crippen LogP contribution >= 0.6 is 11.6 Å². The third kappa shape index (κ3) is 4.45. The number of amides is 1. The summed E-state index contributed by atoms with van der Waals surface area (Å²) in [5.41, 5.74) is -0.743. The molecule has 0 unspecified atom stereocenters. The number of nitrogens with zero attached hydrogens (tertiary/aromatic N) is 3. The lowest BCUT2D eigenvalue weighted by Gasteiger charge is -2.34. The van der Waals surface area contributed by atoms with Gasteiger partial charge in [-0.3, -0.25) is 9.69 Å². The fourth-order valence-electron chi connectivity index (χ4n) is 3.17. The van der Waals surface area contributed by atoms with Gasteiger partial charge in [0.1, 0.15) is 4.90 Å². The van der Waals surface area contributed by atoms with Crippen molar-refractivity contribution < 1.29 is 23.1 Å². The SMILES string of the molecule is CCOC(=O)N1CCN(Cc2ccn(S(=O)(=O)c3ccccc3Cl)c(=O)c2O)CC1. The third-order valence-electron chi connectivity index (χ3n) is 4.78. The molecule has 3 rings (SSSR count). The number of carbonyl (C=O) groups excluding carboxylic acids is 1. The topological polar surface area (TPSA) is 109 Å². The van der Waals surface area contributed by atoms with Crippen molar-refractivity contribution in [3.8, 4) is 5.75 Å². The summed E-state index contributed by atoms with van der Waals surface area (Å²) < 4.78 is 31.0. The average Bonchev–Trinajstić information content (AvgIpc) is 2.72. The summed E-state index contributed by atoms with van der Waals surface area (Å²) in [6, 6.07) is 7.16. The second kappa shape index (κ2) is 9.07. The number of aromatic hydroxyl groups is 1. The lowest BCUT2D eigenvalue weighted by atomic mass is 10.2. The number of benzene rings is 1. The number of halogens is 1. The molecule has 162 valence electrons. The maximum atomic E-state index is 12.8. The Kier molecular flexibility index (Phi) is 6.69. The molecule has 0 bridgehead atoms. The number of ether oxygens (including phenoxy) is 1. The van der Waals surface area contributed by atoms with Crippen molar-refractivity contribution in [3.05, 3.63) is 57.5 Å². The van der Waals surface area contributed by atoms with Gasteiger partial charge in [-0.1, -0.05) is 23.7 Å². The molecule has 1 aromatic heterocycles. The minimum Gasteiger partial charge on any atom is -0.503 e. The molecule has 0 radical (unpaired) electrons. The lowest BCUT2D eigenvalue weighted by Crippen LogP contribution is -2.48. The molecule has 2 heterocycles. The van der Waals surface area contributed by atoms with Crippen LogP contribution in [0, 0.1) is 0 Å². The predicted molar refractivity (Wildman–Crippen MR) is 110 cm³/mol. The maximum absolute atomic E-state index is 12.8. The lowest BCUT2D eigenvalue weighted by molar-refractivity contribution is 0.0776. The Morgan fingerprint density at radius 1 is 1.17 bits per heavy atom. The molecule has 1 saturated heterocycles. The number of carbonyl (C=O) groups is 1. The molecule has 2 aromatic rings. The second-order valence-corrected chi connectivity index (χ2v) is 8.88. The number of piperazine rings is 1. The van der Waals surface area contributed by atoms with Crippen molar-refractivity contribution in [3.63, 3.8) is 0 Å². The normalized spacial score (nSPS) is 15.2. The molecule has 0 atom stereocenters. The first-order valence-electron chi connectivity index (χ1n) is 9.33. The summed E-state index contributed by atoms with van der Waals surface area (Å²) in [4.78, 5) is 27.7. The van der Waals surface area contributed by atoms with Gasteiger partial charge in [-0.15, -0.1) is 0 Å². The van der Waals surface area contributed by atoms with Gasteiger partial charge in [0.15, 0.2) is 5.75 Å². The highest BCUT2D eigenvalue weighted by Gasteiger charge is 2.26. The van der Waals surface area contributed by atoms with Gasteiger partial charge in [-0.05, 0) is 25.1 Å². The van der Waals surface area contributed by atoms with E-state index in [4.69, 9.17) is 16.3 Å². The van der Waals surface area contributed by atoms with E-state index < -0.39 is 21.3 Å². The van der Waals surface area contributed by atoms with Gasteiger partial charge in [0.05, 0.1) is 11.6 Å². The van der Waals surface area contributed by atoms with Crippen molar-refractivity contribution in [2.24, 2.45) is 0 Å². The van der Waals surface area contributed by atoms with Gasteiger partial charge in [0.25, 0.3) is 10.0 Å². The summed E-state index contributed by atoms with van der Waals surface area (Å²) in [6.07, 6.45) is 0.748. The minimum absolute atomic E-state index is 0.0209. The zero-order valence-electron chi connectivity index (χ0n) is 16.3. The van der Waals surface area contributed by atoms with Gasteiger partial charge in [0, 0.05) is 44.5 Å². The summed E-state index contributed by atoms with van der Waals surface area (Å²) in [5, 5.41) is 10.3. The van der Waals surface area contributed by atoms with Crippen LogP contribution in [-0.4, -0.2) is 66.2 Å². The highest BCUT2D eigenvalue weighted by molar-refractivity contribution is 7.90. The summed E-state index contributed by atoms with van der Waals surface area (Å²) in [7, 11) is -4.25. The Balaban J connectivity index is 1.77. The molecule has 1 amide bonds. The second-order valence-electron chi connectivity index (χ2n) is 6.69. The first kappa shape index (κ1) is 22.1. The van der Waals surface area contributed by atoms with E-state index in [2.05, 4.69) is 0 Å². The Bertz CT molecular complexity index is 1090. The van der Waals surface area contributed by atoms with Crippen molar-refractivity contribution in [1.29, 1.82) is 0 Å². The molecule has 1 aliphatic rings. The highest BCUT2D eigenvalue weighted by Crippen LogP contribution is 2.23. The van der Waals surface area contributed by atoms with Crippen LogP contribution < -0.4 is 5.56 Å². The van der Waals surface area contributed by atoms with Crippen LogP contribution in [0.25, 0.3) is 0 Å². The van der Waals surface area contributed by atoms with Crippen molar-refractivity contribution in [1.82, 2.24) is 13.8 Å². The van der Waals surface area contributed by atoms with Gasteiger partial charge in [-0.25, -0.2) is 17.2 Å². The van der Waals surface area contributed by atoms with Crippen molar-refractivity contribution in [2.45, 2.75) is 18.4 Å². The largest absolute Gasteiger partial charge is 0.503 e. The minimum atomic E-state index is -4.25. The van der Waals surface area contributed by atoms with Gasteiger partial charge >= 0.3 is 11.7 Å². The number of rotatable bonds is 5. The third-order valence-corrected chi connectivity index (χ3v) is 6.94. The van der Waals surface area contributed by atoms with E-state index >= 15 is 0 Å². The average molecular weight is 456 g/mol. The Morgan fingerprint density at radius 2 is 1.83 bits per heavy atom. The number of pyridine rings is 1. The van der Waals surface area contributed by atoms with Crippen LogP contribution in [0.3, 0.4) is 0 Å². The van der Waals surface area contributed by atoms with Gasteiger partial charge in [-0.2, -0.15) is 0 Å². The van der Waals surface area contributed by atoms with Crippen LogP contribution in [0.2, 0.25) is 5.02 Å². The standard InChI is InChI=1S/C19H22ClN3O6S/c1-2-29-19(26)22-11-9-21(10-12-22)13-14-7-8-23(18(25)17(14)24)30(27,28)16-6-4-3-5-15(16)20/h3-8,24H,2,9-13H2,1H3. The van der Waals surface area contributed by atoms with Crippen LogP contribution in [0.1, 0.15) is 12.5 Å². The number of hydrogen-bond acceptors (Lipinski definition) is 7. The quantitative estimate of drug-likeness (QED) is 0.731. The first-order valence-corrected chi connectivity index (χ1v) is 11.1. The summed E-state index contributed by atoms with van der Waals surface area (Å²) in [6.45, 7) is 4.25. The molecule has 1 aromatic carbocycles. The predicted octanol–water partition coefficient (Wildman–Crippen LogP) is 1.72. The van der Waals surface area contributed by atoms with Crippen molar-refractivity contribution in [2.75, 3.05) is 32.8 Å². The first-order chi connectivity index (χ1) is 14.3. The molecule has 1 fully saturated rings. The van der Waals surface area contributed by atoms with E-state index in [1.165, 1.54) is 24.3 Å². The van der Waals surface area contributed by atoms with Gasteiger partial charge < -0.3 is 14.7 Å². The van der Waals surface area contributed by atoms with Crippen LogP contribution in [0.4, 0.5) is 4.79 Å². The number of hydrogen-bond donors (Lipinski definition) is 1. The highest BCUT2D eigenvalue weighted by atomic mass is 35.5. The molecular formula is C19H22ClN3O6S. The Hall–Kier alpha value is -2.56. The maximum Gasteiger partial charge on any atom is 0.409 e. The molecule has 1 aliphatic heterocycles. The summed E-state index contributed by atoms with van der Waals surface area (Å²) in [5.74, 6) is -0.638. The smallest absolute Gasteiger partial charge is 0.409 e. The fraction of sp³-hybridized carbons (Fsp3) is 0.368. The van der Waals surface area contributed by atoms with Crippen LogP contribution in [-0.2, 0) is 21.3 Å². The molecule has 1 N–H and O–H groups in total. The van der Waals surface area contributed by atoms with Crippen LogP contribution in [0.15, 0.2) is 46.2 Å². The molecular weight excluding hydrogens is 434 g/mol. The molecule has 0 spiro atoms. The van der Waals surface area contributed by atoms with E-state index in [1.807, 2.05) is 4.90 Å². The Labute approximate surface area is 179 Å². The molecule has 9 nitrogen and oxygen atoms in total. The van der Waals surface area contributed by atoms with Crippen LogP contribution in [0.5, 0.6) is 5.75 Å².